The van der Waals surface area contributed by atoms with Gasteiger partial charge in [0.1, 0.15) is 0 Å². The van der Waals surface area contributed by atoms with E-state index < -0.39 is 0 Å². The van der Waals surface area contributed by atoms with Crippen molar-refractivity contribution >= 4 is 73.7 Å². The largest absolute Gasteiger partial charge is 0.395 e. The van der Waals surface area contributed by atoms with Crippen LogP contribution in [0.1, 0.15) is 42.5 Å². The Hall–Kier alpha value is 0.840. The van der Waals surface area contributed by atoms with Crippen LogP contribution in [-0.4, -0.2) is 35.1 Å². The van der Waals surface area contributed by atoms with E-state index in [2.05, 4.69) is 73.8 Å². The zero-order valence-corrected chi connectivity index (χ0v) is 18.1. The number of rotatable bonds is 4. The van der Waals surface area contributed by atoms with Crippen molar-refractivity contribution in [2.24, 2.45) is 0 Å². The van der Waals surface area contributed by atoms with Crippen molar-refractivity contribution in [3.05, 3.63) is 28.4 Å². The molecule has 0 aromatic heterocycles. The van der Waals surface area contributed by atoms with Gasteiger partial charge in [-0.2, -0.15) is 0 Å². The molecule has 1 fully saturated rings. The highest BCUT2D eigenvalue weighted by molar-refractivity contribution is 14.1. The highest BCUT2D eigenvalue weighted by atomic mass is 127. The summed E-state index contributed by atoms with van der Waals surface area (Å²) in [6, 6.07) is 4.32. The van der Waals surface area contributed by atoms with Gasteiger partial charge in [-0.1, -0.05) is 19.3 Å². The molecule has 1 aromatic rings. The molecular formula is C15H18I3NO2. The van der Waals surface area contributed by atoms with Crippen LogP contribution in [-0.2, 0) is 0 Å². The minimum absolute atomic E-state index is 0.0276. The van der Waals surface area contributed by atoms with Crippen molar-refractivity contribution in [2.45, 2.75) is 38.1 Å². The van der Waals surface area contributed by atoms with Crippen molar-refractivity contribution < 1.29 is 9.90 Å². The van der Waals surface area contributed by atoms with Gasteiger partial charge in [0.15, 0.2) is 0 Å². The van der Waals surface area contributed by atoms with E-state index in [9.17, 15) is 9.90 Å². The monoisotopic (exact) mass is 625 g/mol. The molecule has 2 rings (SSSR count). The van der Waals surface area contributed by atoms with E-state index in [-0.39, 0.29) is 18.6 Å². The lowest BCUT2D eigenvalue weighted by molar-refractivity contribution is 0.0584. The average molecular weight is 625 g/mol. The average Bonchev–Trinajstić information content (AvgIpc) is 2.48. The fourth-order valence-corrected chi connectivity index (χ4v) is 5.20. The van der Waals surface area contributed by atoms with E-state index in [1.807, 2.05) is 11.0 Å². The molecule has 0 spiro atoms. The molecule has 1 aromatic carbocycles. The topological polar surface area (TPSA) is 40.5 Å². The van der Waals surface area contributed by atoms with Crippen molar-refractivity contribution in [1.29, 1.82) is 0 Å². The Kier molecular flexibility index (Phi) is 7.47. The molecule has 6 heteroatoms. The maximum atomic E-state index is 13.0. The van der Waals surface area contributed by atoms with Gasteiger partial charge in [-0.15, -0.1) is 0 Å². The SMILES string of the molecule is O=C(c1cc(I)cc(I)c1I)N(CCO)C1CCCCC1. The number of halogens is 3. The third-order valence-corrected chi connectivity index (χ3v) is 7.51. The molecule has 3 nitrogen and oxygen atoms in total. The minimum Gasteiger partial charge on any atom is -0.395 e. The molecule has 1 aliphatic carbocycles. The number of amides is 1. The van der Waals surface area contributed by atoms with Crippen LogP contribution < -0.4 is 0 Å². The van der Waals surface area contributed by atoms with Crippen LogP contribution >= 0.6 is 67.8 Å². The van der Waals surface area contributed by atoms with Crippen LogP contribution in [0.25, 0.3) is 0 Å². The van der Waals surface area contributed by atoms with E-state index in [0.29, 0.717) is 6.54 Å². The van der Waals surface area contributed by atoms with Crippen molar-refractivity contribution in [2.75, 3.05) is 13.2 Å². The summed E-state index contributed by atoms with van der Waals surface area (Å²) in [6.07, 6.45) is 5.74. The molecule has 1 N–H and O–H groups in total. The van der Waals surface area contributed by atoms with Gasteiger partial charge in [0.25, 0.3) is 5.91 Å². The number of hydrogen-bond acceptors (Lipinski definition) is 2. The predicted molar refractivity (Wildman–Crippen MR) is 110 cm³/mol. The molecular weight excluding hydrogens is 607 g/mol. The summed E-state index contributed by atoms with van der Waals surface area (Å²) in [5.41, 5.74) is 0.769. The summed E-state index contributed by atoms with van der Waals surface area (Å²) >= 11 is 6.78. The fraction of sp³-hybridized carbons (Fsp3) is 0.533. The first kappa shape index (κ1) is 18.2. The third-order valence-electron chi connectivity index (χ3n) is 3.84. The minimum atomic E-state index is 0.0276. The smallest absolute Gasteiger partial charge is 0.255 e. The molecule has 116 valence electrons. The number of aliphatic hydroxyl groups excluding tert-OH is 1. The number of benzene rings is 1. The molecule has 21 heavy (non-hydrogen) atoms. The summed E-state index contributed by atoms with van der Waals surface area (Å²) in [7, 11) is 0. The van der Waals surface area contributed by atoms with Gasteiger partial charge in [-0.05, 0) is 92.7 Å². The standard InChI is InChI=1S/C15H18I3NO2/c16-10-8-12(14(18)13(17)9-10)15(21)19(6-7-20)11-4-2-1-3-5-11/h8-9,11,20H,1-7H2. The predicted octanol–water partition coefficient (Wildman–Crippen LogP) is 4.27. The maximum absolute atomic E-state index is 13.0. The first-order valence-electron chi connectivity index (χ1n) is 7.11. The summed E-state index contributed by atoms with van der Waals surface area (Å²) in [5, 5.41) is 9.34. The van der Waals surface area contributed by atoms with E-state index >= 15 is 0 Å². The lowest BCUT2D eigenvalue weighted by atomic mass is 9.93. The molecule has 0 bridgehead atoms. The van der Waals surface area contributed by atoms with Crippen LogP contribution in [0.3, 0.4) is 0 Å². The molecule has 1 saturated carbocycles. The van der Waals surface area contributed by atoms with Gasteiger partial charge < -0.3 is 10.0 Å². The Labute approximate surface area is 166 Å². The van der Waals surface area contributed by atoms with Gasteiger partial charge in [-0.25, -0.2) is 0 Å². The van der Waals surface area contributed by atoms with E-state index in [0.717, 1.165) is 29.1 Å². The number of hydrogen-bond donors (Lipinski definition) is 1. The molecule has 1 aliphatic rings. The van der Waals surface area contributed by atoms with Crippen LogP contribution in [0.5, 0.6) is 0 Å². The van der Waals surface area contributed by atoms with Crippen LogP contribution in [0.15, 0.2) is 12.1 Å². The second-order valence-electron chi connectivity index (χ2n) is 5.26. The molecule has 0 atom stereocenters. The van der Waals surface area contributed by atoms with Gasteiger partial charge in [0.2, 0.25) is 0 Å². The van der Waals surface area contributed by atoms with E-state index in [4.69, 9.17) is 0 Å². The Bertz CT molecular complexity index is 516. The Morgan fingerprint density at radius 2 is 1.86 bits per heavy atom. The number of carbonyl (C=O) groups excluding carboxylic acids is 1. The Morgan fingerprint density at radius 1 is 1.19 bits per heavy atom. The lowest BCUT2D eigenvalue weighted by Gasteiger charge is -2.34. The lowest BCUT2D eigenvalue weighted by Crippen LogP contribution is -2.43. The van der Waals surface area contributed by atoms with Crippen molar-refractivity contribution in [1.82, 2.24) is 4.90 Å². The van der Waals surface area contributed by atoms with Crippen LogP contribution in [0, 0.1) is 10.7 Å². The molecule has 1 amide bonds. The van der Waals surface area contributed by atoms with Crippen LogP contribution in [0.4, 0.5) is 0 Å². The normalized spacial score (nSPS) is 16.0. The molecule has 0 radical (unpaired) electrons. The van der Waals surface area contributed by atoms with Crippen molar-refractivity contribution in [3.8, 4) is 0 Å². The second kappa shape index (κ2) is 8.62. The van der Waals surface area contributed by atoms with Crippen molar-refractivity contribution in [3.63, 3.8) is 0 Å². The summed E-state index contributed by atoms with van der Waals surface area (Å²) in [6.45, 7) is 0.460. The third kappa shape index (κ3) is 4.66. The summed E-state index contributed by atoms with van der Waals surface area (Å²) in [4.78, 5) is 14.9. The fourth-order valence-electron chi connectivity index (χ4n) is 2.82. The number of aliphatic hydroxyl groups is 1. The van der Waals surface area contributed by atoms with Gasteiger partial charge in [0, 0.05) is 23.3 Å². The Morgan fingerprint density at radius 3 is 2.48 bits per heavy atom. The second-order valence-corrected chi connectivity index (χ2v) is 8.75. The van der Waals surface area contributed by atoms with Gasteiger partial charge in [-0.3, -0.25) is 4.79 Å². The molecule has 0 unspecified atom stereocenters. The van der Waals surface area contributed by atoms with Gasteiger partial charge in [0.05, 0.1) is 12.2 Å². The summed E-state index contributed by atoms with van der Waals surface area (Å²) in [5.74, 6) is 0.0665. The first-order valence-corrected chi connectivity index (χ1v) is 10.3. The van der Waals surface area contributed by atoms with Crippen LogP contribution in [0.2, 0.25) is 0 Å². The molecule has 0 saturated heterocycles. The van der Waals surface area contributed by atoms with E-state index in [1.54, 1.807) is 0 Å². The quantitative estimate of drug-likeness (QED) is 0.402. The highest BCUT2D eigenvalue weighted by Crippen LogP contribution is 2.27. The molecule has 0 aliphatic heterocycles. The number of nitrogens with zero attached hydrogens (tertiary/aromatic N) is 1. The Balaban J connectivity index is 2.29. The van der Waals surface area contributed by atoms with Gasteiger partial charge >= 0.3 is 0 Å². The summed E-state index contributed by atoms with van der Waals surface area (Å²) < 4.78 is 3.20. The zero-order chi connectivity index (χ0) is 15.4. The zero-order valence-electron chi connectivity index (χ0n) is 11.6. The van der Waals surface area contributed by atoms with E-state index in [1.165, 1.54) is 19.3 Å². The number of carbonyl (C=O) groups is 1. The molecule has 0 heterocycles. The maximum Gasteiger partial charge on any atom is 0.255 e. The first-order chi connectivity index (χ1) is 10.0. The highest BCUT2D eigenvalue weighted by Gasteiger charge is 2.27.